The topological polar surface area (TPSA) is 87.5 Å². The summed E-state index contributed by atoms with van der Waals surface area (Å²) in [6, 6.07) is 9.76. The molecule has 0 radical (unpaired) electrons. The minimum Gasteiger partial charge on any atom is -0.363 e. The summed E-state index contributed by atoms with van der Waals surface area (Å²) in [5.41, 5.74) is 2.14. The van der Waals surface area contributed by atoms with Crippen LogP contribution in [0.25, 0.3) is 0 Å². The third-order valence-electron chi connectivity index (χ3n) is 4.32. The maximum absolute atomic E-state index is 12.5. The van der Waals surface area contributed by atoms with Crippen LogP contribution in [0.1, 0.15) is 15.9 Å². The van der Waals surface area contributed by atoms with Crippen LogP contribution in [0.15, 0.2) is 36.4 Å². The molecule has 1 aliphatic rings. The Bertz CT molecular complexity index is 850. The molecule has 8 heteroatoms. The molecule has 7 nitrogen and oxygen atoms in total. The lowest BCUT2D eigenvalue weighted by atomic mass is 10.1. The van der Waals surface area contributed by atoms with Gasteiger partial charge in [-0.25, -0.2) is 0 Å². The number of halogens is 1. The fraction of sp³-hybridized carbons (Fsp3) is 0.278. The van der Waals surface area contributed by atoms with E-state index < -0.39 is 10.8 Å². The van der Waals surface area contributed by atoms with E-state index in [1.807, 2.05) is 11.8 Å². The Labute approximate surface area is 156 Å². The molecule has 3 rings (SSSR count). The van der Waals surface area contributed by atoms with Gasteiger partial charge in [0.1, 0.15) is 5.69 Å². The molecule has 1 aliphatic heterocycles. The second kappa shape index (κ2) is 7.72. The molecule has 2 aromatic carbocycles. The number of amides is 1. The van der Waals surface area contributed by atoms with Crippen LogP contribution in [0, 0.1) is 17.0 Å². The first-order chi connectivity index (χ1) is 12.5. The fourth-order valence-corrected chi connectivity index (χ4v) is 3.04. The lowest BCUT2D eigenvalue weighted by molar-refractivity contribution is -0.384. The fourth-order valence-electron chi connectivity index (χ4n) is 2.86. The average molecular weight is 375 g/mol. The summed E-state index contributed by atoms with van der Waals surface area (Å²) in [6.45, 7) is 4.79. The largest absolute Gasteiger partial charge is 0.363 e. The van der Waals surface area contributed by atoms with Gasteiger partial charge in [-0.3, -0.25) is 14.9 Å². The van der Waals surface area contributed by atoms with Crippen molar-refractivity contribution in [2.45, 2.75) is 6.92 Å². The Balaban J connectivity index is 1.85. The number of hydrogen-bond donors (Lipinski definition) is 2. The van der Waals surface area contributed by atoms with Crippen LogP contribution in [0.5, 0.6) is 0 Å². The monoisotopic (exact) mass is 374 g/mol. The van der Waals surface area contributed by atoms with Gasteiger partial charge in [-0.2, -0.15) is 0 Å². The third kappa shape index (κ3) is 3.95. The zero-order valence-electron chi connectivity index (χ0n) is 14.3. The van der Waals surface area contributed by atoms with Crippen LogP contribution in [0.3, 0.4) is 0 Å². The molecule has 2 N–H and O–H groups in total. The van der Waals surface area contributed by atoms with Crippen LogP contribution in [0.2, 0.25) is 5.02 Å². The van der Waals surface area contributed by atoms with Crippen molar-refractivity contribution in [3.8, 4) is 0 Å². The Morgan fingerprint density at radius 3 is 2.62 bits per heavy atom. The third-order valence-corrected chi connectivity index (χ3v) is 4.73. The van der Waals surface area contributed by atoms with Crippen molar-refractivity contribution in [2.24, 2.45) is 0 Å². The van der Waals surface area contributed by atoms with Gasteiger partial charge < -0.3 is 15.5 Å². The highest BCUT2D eigenvalue weighted by atomic mass is 35.5. The van der Waals surface area contributed by atoms with E-state index in [0.717, 1.165) is 18.7 Å². The van der Waals surface area contributed by atoms with Gasteiger partial charge in [0.05, 0.1) is 4.92 Å². The molecule has 26 heavy (non-hydrogen) atoms. The standard InChI is InChI=1S/C18H19ClN4O3/c1-12-2-4-14(11-15(12)19)21-18(24)13-3-5-16(17(10-13)23(25)26)22-8-6-20-7-9-22/h2-5,10-11,20H,6-9H2,1H3,(H,21,24). The summed E-state index contributed by atoms with van der Waals surface area (Å²) in [7, 11) is 0. The van der Waals surface area contributed by atoms with Crippen LogP contribution in [-0.4, -0.2) is 37.0 Å². The molecule has 1 heterocycles. The van der Waals surface area contributed by atoms with Gasteiger partial charge >= 0.3 is 0 Å². The Morgan fingerprint density at radius 2 is 1.96 bits per heavy atom. The first-order valence-electron chi connectivity index (χ1n) is 8.27. The van der Waals surface area contributed by atoms with Gasteiger partial charge in [0.2, 0.25) is 0 Å². The van der Waals surface area contributed by atoms with E-state index in [9.17, 15) is 14.9 Å². The number of benzene rings is 2. The predicted molar refractivity (Wildman–Crippen MR) is 102 cm³/mol. The molecule has 136 valence electrons. The first kappa shape index (κ1) is 18.2. The van der Waals surface area contributed by atoms with Crippen molar-refractivity contribution in [1.29, 1.82) is 0 Å². The number of aryl methyl sites for hydroxylation is 1. The highest BCUT2D eigenvalue weighted by molar-refractivity contribution is 6.31. The van der Waals surface area contributed by atoms with Crippen molar-refractivity contribution in [2.75, 3.05) is 36.4 Å². The number of piperazine rings is 1. The highest BCUT2D eigenvalue weighted by Crippen LogP contribution is 2.30. The van der Waals surface area contributed by atoms with Crippen molar-refractivity contribution in [1.82, 2.24) is 5.32 Å². The number of nitro groups is 1. The summed E-state index contributed by atoms with van der Waals surface area (Å²) < 4.78 is 0. The molecule has 0 saturated carbocycles. The molecular formula is C18H19ClN4O3. The van der Waals surface area contributed by atoms with Crippen LogP contribution >= 0.6 is 11.6 Å². The Kier molecular flexibility index (Phi) is 5.39. The van der Waals surface area contributed by atoms with E-state index in [4.69, 9.17) is 11.6 Å². The molecule has 0 bridgehead atoms. The van der Waals surface area contributed by atoms with E-state index in [2.05, 4.69) is 10.6 Å². The van der Waals surface area contributed by atoms with E-state index >= 15 is 0 Å². The highest BCUT2D eigenvalue weighted by Gasteiger charge is 2.23. The zero-order chi connectivity index (χ0) is 18.7. The van der Waals surface area contributed by atoms with Crippen LogP contribution < -0.4 is 15.5 Å². The van der Waals surface area contributed by atoms with Gasteiger partial charge in [0.25, 0.3) is 11.6 Å². The summed E-state index contributed by atoms with van der Waals surface area (Å²) in [5, 5.41) is 18.0. The van der Waals surface area contributed by atoms with Crippen molar-refractivity contribution in [3.63, 3.8) is 0 Å². The van der Waals surface area contributed by atoms with Gasteiger partial charge in [-0.15, -0.1) is 0 Å². The summed E-state index contributed by atoms with van der Waals surface area (Å²) >= 11 is 6.07. The molecule has 0 spiro atoms. The van der Waals surface area contributed by atoms with E-state index in [1.54, 1.807) is 30.3 Å². The second-order valence-corrected chi connectivity index (χ2v) is 6.52. The normalized spacial score (nSPS) is 14.2. The molecular weight excluding hydrogens is 356 g/mol. The molecule has 0 atom stereocenters. The van der Waals surface area contributed by atoms with E-state index in [0.29, 0.717) is 29.5 Å². The number of hydrogen-bond acceptors (Lipinski definition) is 5. The van der Waals surface area contributed by atoms with Crippen molar-refractivity contribution >= 4 is 34.6 Å². The number of carbonyl (C=O) groups is 1. The minimum atomic E-state index is -0.448. The zero-order valence-corrected chi connectivity index (χ0v) is 15.0. The first-order valence-corrected chi connectivity index (χ1v) is 8.65. The average Bonchev–Trinajstić information content (AvgIpc) is 2.65. The number of rotatable bonds is 4. The smallest absolute Gasteiger partial charge is 0.293 e. The van der Waals surface area contributed by atoms with Crippen LogP contribution in [-0.2, 0) is 0 Å². The quantitative estimate of drug-likeness (QED) is 0.633. The molecule has 1 amide bonds. The number of nitro benzene ring substituents is 1. The lowest BCUT2D eigenvalue weighted by Crippen LogP contribution is -2.43. The summed E-state index contributed by atoms with van der Waals surface area (Å²) in [6.07, 6.45) is 0. The summed E-state index contributed by atoms with van der Waals surface area (Å²) in [5.74, 6) is -0.417. The van der Waals surface area contributed by atoms with Crippen LogP contribution in [0.4, 0.5) is 17.1 Å². The maximum Gasteiger partial charge on any atom is 0.293 e. The second-order valence-electron chi connectivity index (χ2n) is 6.12. The lowest BCUT2D eigenvalue weighted by Gasteiger charge is -2.29. The van der Waals surface area contributed by atoms with Gasteiger partial charge in [-0.05, 0) is 36.8 Å². The van der Waals surface area contributed by atoms with E-state index in [1.165, 1.54) is 6.07 Å². The van der Waals surface area contributed by atoms with E-state index in [-0.39, 0.29) is 11.3 Å². The van der Waals surface area contributed by atoms with Crippen molar-refractivity contribution < 1.29 is 9.72 Å². The number of nitrogens with one attached hydrogen (secondary N) is 2. The maximum atomic E-state index is 12.5. The molecule has 1 saturated heterocycles. The molecule has 0 aliphatic carbocycles. The number of carbonyl (C=O) groups excluding carboxylic acids is 1. The van der Waals surface area contributed by atoms with Gasteiger partial charge in [0, 0.05) is 48.5 Å². The number of nitrogens with zero attached hydrogens (tertiary/aromatic N) is 2. The molecule has 0 unspecified atom stereocenters. The Morgan fingerprint density at radius 1 is 1.23 bits per heavy atom. The van der Waals surface area contributed by atoms with Gasteiger partial charge in [0.15, 0.2) is 0 Å². The van der Waals surface area contributed by atoms with Crippen molar-refractivity contribution in [3.05, 3.63) is 62.7 Å². The summed E-state index contributed by atoms with van der Waals surface area (Å²) in [4.78, 5) is 25.5. The van der Waals surface area contributed by atoms with Gasteiger partial charge in [-0.1, -0.05) is 17.7 Å². The molecule has 1 fully saturated rings. The minimum absolute atomic E-state index is 0.0681. The predicted octanol–water partition coefficient (Wildman–Crippen LogP) is 3.22. The Hall–Kier alpha value is -2.64. The number of anilines is 2. The molecule has 0 aromatic heterocycles. The molecule has 2 aromatic rings. The SMILES string of the molecule is Cc1ccc(NC(=O)c2ccc(N3CCNCC3)c([N+](=O)[O-])c2)cc1Cl.